The van der Waals surface area contributed by atoms with Crippen LogP contribution in [0.4, 0.5) is 10.5 Å². The van der Waals surface area contributed by atoms with Crippen molar-refractivity contribution >= 4 is 17.7 Å². The molecule has 0 fully saturated rings. The smallest absolute Gasteiger partial charge is 0.408 e. The molecule has 0 spiro atoms. The molecular weight excluding hydrogens is 416 g/mol. The molecule has 3 rings (SSSR count). The van der Waals surface area contributed by atoms with Gasteiger partial charge in [-0.15, -0.1) is 0 Å². The number of carbonyl (C=O) groups is 2. The van der Waals surface area contributed by atoms with Crippen LogP contribution in [-0.4, -0.2) is 28.1 Å². The highest BCUT2D eigenvalue weighted by Crippen LogP contribution is 2.19. The monoisotopic (exact) mass is 436 g/mol. The molecule has 0 bridgehead atoms. The summed E-state index contributed by atoms with van der Waals surface area (Å²) < 4.78 is 10.5. The van der Waals surface area contributed by atoms with Gasteiger partial charge in [0.05, 0.1) is 4.92 Å². The van der Waals surface area contributed by atoms with Gasteiger partial charge in [0.25, 0.3) is 5.69 Å². The fraction of sp³-hybridized carbons (Fsp3) is 0.130. The van der Waals surface area contributed by atoms with Gasteiger partial charge in [0.15, 0.2) is 0 Å². The number of esters is 1. The lowest BCUT2D eigenvalue weighted by Gasteiger charge is -2.18. The van der Waals surface area contributed by atoms with E-state index in [0.29, 0.717) is 5.56 Å². The van der Waals surface area contributed by atoms with E-state index in [2.05, 4.69) is 5.32 Å². The zero-order chi connectivity index (χ0) is 22.9. The predicted octanol–water partition coefficient (Wildman–Crippen LogP) is 3.74. The summed E-state index contributed by atoms with van der Waals surface area (Å²) >= 11 is 0. The van der Waals surface area contributed by atoms with Crippen LogP contribution in [0.15, 0.2) is 78.9 Å². The van der Waals surface area contributed by atoms with Crippen molar-refractivity contribution in [1.29, 1.82) is 0 Å². The SMILES string of the molecule is O=C(N[C@@H](Cc1ccc(O)cc1)C(=O)Oc1ccc([N+](=O)[O-])cc1)OCc1ccccc1. The topological polar surface area (TPSA) is 128 Å². The Morgan fingerprint density at radius 3 is 2.22 bits per heavy atom. The highest BCUT2D eigenvalue weighted by atomic mass is 16.6. The van der Waals surface area contributed by atoms with Gasteiger partial charge in [0.2, 0.25) is 0 Å². The molecule has 0 saturated heterocycles. The maximum Gasteiger partial charge on any atom is 0.408 e. The van der Waals surface area contributed by atoms with Gasteiger partial charge in [-0.25, -0.2) is 9.59 Å². The number of benzene rings is 3. The lowest BCUT2D eigenvalue weighted by molar-refractivity contribution is -0.384. The van der Waals surface area contributed by atoms with Gasteiger partial charge >= 0.3 is 12.1 Å². The fourth-order valence-corrected chi connectivity index (χ4v) is 2.79. The molecule has 0 saturated carbocycles. The number of phenolic OH excluding ortho intramolecular Hbond substituents is 1. The van der Waals surface area contributed by atoms with E-state index < -0.39 is 23.0 Å². The number of nitro benzene ring substituents is 1. The molecule has 1 amide bonds. The third-order valence-electron chi connectivity index (χ3n) is 4.43. The largest absolute Gasteiger partial charge is 0.508 e. The van der Waals surface area contributed by atoms with Crippen molar-refractivity contribution in [2.45, 2.75) is 19.1 Å². The minimum absolute atomic E-state index is 0.0238. The van der Waals surface area contributed by atoms with Crippen molar-refractivity contribution in [3.63, 3.8) is 0 Å². The van der Waals surface area contributed by atoms with Crippen LogP contribution in [0.3, 0.4) is 0 Å². The molecule has 32 heavy (non-hydrogen) atoms. The van der Waals surface area contributed by atoms with Crippen LogP contribution in [0.5, 0.6) is 11.5 Å². The normalized spacial score (nSPS) is 11.2. The maximum absolute atomic E-state index is 12.7. The van der Waals surface area contributed by atoms with E-state index in [0.717, 1.165) is 5.56 Å². The molecule has 9 heteroatoms. The molecule has 0 aliphatic rings. The number of carbonyl (C=O) groups excluding carboxylic acids is 2. The van der Waals surface area contributed by atoms with E-state index in [-0.39, 0.29) is 30.2 Å². The number of alkyl carbamates (subject to hydrolysis) is 1. The van der Waals surface area contributed by atoms with Crippen molar-refractivity contribution in [2.75, 3.05) is 0 Å². The second-order valence-corrected chi connectivity index (χ2v) is 6.80. The highest BCUT2D eigenvalue weighted by molar-refractivity contribution is 5.83. The quantitative estimate of drug-likeness (QED) is 0.238. The maximum atomic E-state index is 12.7. The number of amides is 1. The summed E-state index contributed by atoms with van der Waals surface area (Å²) in [5.74, 6) is -0.617. The molecule has 0 aromatic heterocycles. The van der Waals surface area contributed by atoms with Gasteiger partial charge in [-0.05, 0) is 35.4 Å². The summed E-state index contributed by atoms with van der Waals surface area (Å²) in [5.41, 5.74) is 1.30. The van der Waals surface area contributed by atoms with Gasteiger partial charge in [0, 0.05) is 18.6 Å². The van der Waals surface area contributed by atoms with Crippen molar-refractivity contribution in [3.05, 3.63) is 100 Å². The van der Waals surface area contributed by atoms with Crippen LogP contribution in [0.25, 0.3) is 0 Å². The van der Waals surface area contributed by atoms with Gasteiger partial charge in [-0.2, -0.15) is 0 Å². The van der Waals surface area contributed by atoms with E-state index in [1.165, 1.54) is 36.4 Å². The van der Waals surface area contributed by atoms with Crippen LogP contribution in [0, 0.1) is 10.1 Å². The zero-order valence-corrected chi connectivity index (χ0v) is 16.8. The minimum Gasteiger partial charge on any atom is -0.508 e. The van der Waals surface area contributed by atoms with Crippen LogP contribution >= 0.6 is 0 Å². The number of hydrogen-bond donors (Lipinski definition) is 2. The first kappa shape index (κ1) is 22.3. The van der Waals surface area contributed by atoms with Gasteiger partial charge in [0.1, 0.15) is 24.1 Å². The van der Waals surface area contributed by atoms with E-state index >= 15 is 0 Å². The van der Waals surface area contributed by atoms with Crippen molar-refractivity contribution in [2.24, 2.45) is 0 Å². The van der Waals surface area contributed by atoms with Gasteiger partial charge < -0.3 is 19.9 Å². The third kappa shape index (κ3) is 6.56. The summed E-state index contributed by atoms with van der Waals surface area (Å²) in [5, 5.41) is 22.7. The first-order valence-corrected chi connectivity index (χ1v) is 9.62. The number of hydrogen-bond acceptors (Lipinski definition) is 7. The predicted molar refractivity (Wildman–Crippen MR) is 114 cm³/mol. The third-order valence-corrected chi connectivity index (χ3v) is 4.43. The molecule has 3 aromatic rings. The minimum atomic E-state index is -1.10. The molecule has 3 aromatic carbocycles. The second kappa shape index (κ2) is 10.6. The van der Waals surface area contributed by atoms with Gasteiger partial charge in [-0.3, -0.25) is 10.1 Å². The molecule has 164 valence electrons. The van der Waals surface area contributed by atoms with Crippen molar-refractivity contribution in [3.8, 4) is 11.5 Å². The first-order chi connectivity index (χ1) is 15.4. The Hall–Kier alpha value is -4.40. The number of phenols is 1. The van der Waals surface area contributed by atoms with Crippen molar-refractivity contribution < 1.29 is 29.1 Å². The number of nitro groups is 1. The molecule has 0 radical (unpaired) electrons. The number of ether oxygens (including phenoxy) is 2. The molecule has 0 aliphatic heterocycles. The molecule has 0 aliphatic carbocycles. The summed E-state index contributed by atoms with van der Waals surface area (Å²) in [6.45, 7) is 0.0238. The Kier molecular flexibility index (Phi) is 7.37. The number of rotatable bonds is 8. The van der Waals surface area contributed by atoms with E-state index in [9.17, 15) is 24.8 Å². The van der Waals surface area contributed by atoms with Gasteiger partial charge in [-0.1, -0.05) is 42.5 Å². The van der Waals surface area contributed by atoms with Crippen molar-refractivity contribution in [1.82, 2.24) is 5.32 Å². The van der Waals surface area contributed by atoms with E-state index in [1.807, 2.05) is 18.2 Å². The number of aromatic hydroxyl groups is 1. The Labute approximate surface area is 183 Å². The average molecular weight is 436 g/mol. The lowest BCUT2D eigenvalue weighted by Crippen LogP contribution is -2.44. The van der Waals surface area contributed by atoms with E-state index in [1.54, 1.807) is 24.3 Å². The Morgan fingerprint density at radius 2 is 1.59 bits per heavy atom. The number of nitrogens with one attached hydrogen (secondary N) is 1. The standard InChI is InChI=1S/C23H20N2O7/c26-19-10-6-16(7-11-19)14-21(24-23(28)31-15-17-4-2-1-3-5-17)22(27)32-20-12-8-18(9-13-20)25(29)30/h1-13,21,26H,14-15H2,(H,24,28)/t21-/m0/s1. The summed E-state index contributed by atoms with van der Waals surface area (Å²) in [4.78, 5) is 35.2. The first-order valence-electron chi connectivity index (χ1n) is 9.62. The average Bonchev–Trinajstić information content (AvgIpc) is 2.79. The van der Waals surface area contributed by atoms with Crippen LogP contribution in [-0.2, 0) is 22.6 Å². The van der Waals surface area contributed by atoms with E-state index in [4.69, 9.17) is 9.47 Å². The molecule has 0 heterocycles. The Morgan fingerprint density at radius 1 is 0.938 bits per heavy atom. The van der Waals surface area contributed by atoms with Crippen LogP contribution < -0.4 is 10.1 Å². The van der Waals surface area contributed by atoms with Crippen LogP contribution in [0.2, 0.25) is 0 Å². The number of non-ortho nitro benzene ring substituents is 1. The Balaban J connectivity index is 1.68. The lowest BCUT2D eigenvalue weighted by atomic mass is 10.1. The molecule has 2 N–H and O–H groups in total. The second-order valence-electron chi connectivity index (χ2n) is 6.80. The summed E-state index contributed by atoms with van der Waals surface area (Å²) in [6.07, 6.45) is -0.731. The molecule has 1 atom stereocenters. The molecular formula is C23H20N2O7. The highest BCUT2D eigenvalue weighted by Gasteiger charge is 2.24. The molecule has 9 nitrogen and oxygen atoms in total. The summed E-state index contributed by atoms with van der Waals surface area (Å²) in [7, 11) is 0. The van der Waals surface area contributed by atoms with Crippen LogP contribution in [0.1, 0.15) is 11.1 Å². The fourth-order valence-electron chi connectivity index (χ4n) is 2.79. The summed E-state index contributed by atoms with van der Waals surface area (Å²) in [6, 6.07) is 19.1. The zero-order valence-electron chi connectivity index (χ0n) is 16.8. The molecule has 0 unspecified atom stereocenters. The Bertz CT molecular complexity index is 1070. The number of nitrogens with zero attached hydrogens (tertiary/aromatic N) is 1.